The molecule has 3 nitrogen and oxygen atoms in total. The summed E-state index contributed by atoms with van der Waals surface area (Å²) in [5, 5.41) is 3.00. The number of hydrogen-bond donors (Lipinski definition) is 1. The molecule has 0 saturated heterocycles. The SMILES string of the molecule is Cc1ccc(C)c(OCCCC(C)(C)C(=O)Nc2ccc(I)cc2)c1. The number of carbonyl (C=O) groups is 1. The highest BCUT2D eigenvalue weighted by molar-refractivity contribution is 14.1. The fourth-order valence-electron chi connectivity index (χ4n) is 2.51. The van der Waals surface area contributed by atoms with Crippen LogP contribution in [0.4, 0.5) is 5.69 Å². The van der Waals surface area contributed by atoms with E-state index in [1.54, 1.807) is 0 Å². The summed E-state index contributed by atoms with van der Waals surface area (Å²) in [4.78, 5) is 12.5. The van der Waals surface area contributed by atoms with E-state index in [0.717, 1.165) is 33.4 Å². The molecule has 0 aliphatic rings. The Hall–Kier alpha value is -1.56. The van der Waals surface area contributed by atoms with E-state index in [1.165, 1.54) is 5.56 Å². The molecule has 2 rings (SSSR count). The quantitative estimate of drug-likeness (QED) is 0.431. The van der Waals surface area contributed by atoms with E-state index < -0.39 is 5.41 Å². The van der Waals surface area contributed by atoms with E-state index >= 15 is 0 Å². The molecule has 1 amide bonds. The first kappa shape index (κ1) is 19.8. The smallest absolute Gasteiger partial charge is 0.230 e. The highest BCUT2D eigenvalue weighted by Crippen LogP contribution is 2.26. The van der Waals surface area contributed by atoms with E-state index in [2.05, 4.69) is 53.0 Å². The lowest BCUT2D eigenvalue weighted by Crippen LogP contribution is -2.31. The van der Waals surface area contributed by atoms with Crippen LogP contribution in [0, 0.1) is 22.8 Å². The maximum Gasteiger partial charge on any atom is 0.230 e. The van der Waals surface area contributed by atoms with Crippen LogP contribution in [0.3, 0.4) is 0 Å². The third-order valence-corrected chi connectivity index (χ3v) is 4.98. The van der Waals surface area contributed by atoms with Crippen molar-refractivity contribution in [1.82, 2.24) is 0 Å². The van der Waals surface area contributed by atoms with E-state index in [4.69, 9.17) is 4.74 Å². The van der Waals surface area contributed by atoms with E-state index in [9.17, 15) is 4.79 Å². The zero-order valence-corrected chi connectivity index (χ0v) is 17.5. The lowest BCUT2D eigenvalue weighted by atomic mass is 9.87. The van der Waals surface area contributed by atoms with Gasteiger partial charge in [0.05, 0.1) is 6.61 Å². The first-order chi connectivity index (χ1) is 11.8. The molecule has 0 aliphatic carbocycles. The van der Waals surface area contributed by atoms with Gasteiger partial charge >= 0.3 is 0 Å². The number of halogens is 1. The summed E-state index contributed by atoms with van der Waals surface area (Å²) in [5.74, 6) is 0.974. The monoisotopic (exact) mass is 451 g/mol. The molecule has 134 valence electrons. The lowest BCUT2D eigenvalue weighted by Gasteiger charge is -2.23. The van der Waals surface area contributed by atoms with Gasteiger partial charge in [0.15, 0.2) is 0 Å². The Labute approximate surface area is 164 Å². The number of benzene rings is 2. The van der Waals surface area contributed by atoms with Gasteiger partial charge in [-0.1, -0.05) is 26.0 Å². The summed E-state index contributed by atoms with van der Waals surface area (Å²) >= 11 is 2.25. The minimum atomic E-state index is -0.437. The summed E-state index contributed by atoms with van der Waals surface area (Å²) in [6.45, 7) is 8.68. The number of nitrogens with one attached hydrogen (secondary N) is 1. The van der Waals surface area contributed by atoms with Gasteiger partial charge in [-0.25, -0.2) is 0 Å². The van der Waals surface area contributed by atoms with E-state index in [-0.39, 0.29) is 5.91 Å². The van der Waals surface area contributed by atoms with Crippen LogP contribution in [0.25, 0.3) is 0 Å². The number of anilines is 1. The second kappa shape index (κ2) is 8.70. The molecular formula is C21H26INO2. The predicted molar refractivity (Wildman–Crippen MR) is 112 cm³/mol. The zero-order chi connectivity index (χ0) is 18.4. The molecule has 0 saturated carbocycles. The highest BCUT2D eigenvalue weighted by Gasteiger charge is 2.27. The zero-order valence-electron chi connectivity index (χ0n) is 15.4. The van der Waals surface area contributed by atoms with Gasteiger partial charge in [-0.3, -0.25) is 4.79 Å². The second-order valence-corrected chi connectivity index (χ2v) is 8.31. The normalized spacial score (nSPS) is 11.2. The first-order valence-electron chi connectivity index (χ1n) is 8.55. The van der Waals surface area contributed by atoms with Crippen molar-refractivity contribution in [2.75, 3.05) is 11.9 Å². The third kappa shape index (κ3) is 6.03. The summed E-state index contributed by atoms with van der Waals surface area (Å²) < 4.78 is 7.04. The summed E-state index contributed by atoms with van der Waals surface area (Å²) in [6.07, 6.45) is 1.61. The molecule has 0 radical (unpaired) electrons. The van der Waals surface area contributed by atoms with Crippen LogP contribution in [-0.2, 0) is 4.79 Å². The fraction of sp³-hybridized carbons (Fsp3) is 0.381. The Balaban J connectivity index is 1.82. The van der Waals surface area contributed by atoms with Crippen LogP contribution in [-0.4, -0.2) is 12.5 Å². The lowest BCUT2D eigenvalue weighted by molar-refractivity contribution is -0.124. The molecule has 0 fully saturated rings. The molecule has 0 bridgehead atoms. The van der Waals surface area contributed by atoms with E-state index in [0.29, 0.717) is 6.61 Å². The van der Waals surface area contributed by atoms with Gasteiger partial charge in [-0.2, -0.15) is 0 Å². The number of rotatable bonds is 7. The number of ether oxygens (including phenoxy) is 1. The molecule has 2 aromatic carbocycles. The molecule has 0 aromatic heterocycles. The van der Waals surface area contributed by atoms with Crippen LogP contribution >= 0.6 is 22.6 Å². The van der Waals surface area contributed by atoms with Gasteiger partial charge in [0.25, 0.3) is 0 Å². The Morgan fingerprint density at radius 2 is 1.80 bits per heavy atom. The third-order valence-electron chi connectivity index (χ3n) is 4.26. The van der Waals surface area contributed by atoms with Crippen molar-refractivity contribution in [1.29, 1.82) is 0 Å². The average molecular weight is 451 g/mol. The highest BCUT2D eigenvalue weighted by atomic mass is 127. The van der Waals surface area contributed by atoms with Gasteiger partial charge in [0.1, 0.15) is 5.75 Å². The number of aryl methyl sites for hydroxylation is 2. The van der Waals surface area contributed by atoms with Crippen LogP contribution in [0.15, 0.2) is 42.5 Å². The van der Waals surface area contributed by atoms with E-state index in [1.807, 2.05) is 45.0 Å². The number of hydrogen-bond acceptors (Lipinski definition) is 2. The second-order valence-electron chi connectivity index (χ2n) is 7.07. The number of amides is 1. The minimum Gasteiger partial charge on any atom is -0.493 e. The maximum atomic E-state index is 12.5. The van der Waals surface area contributed by atoms with Crippen molar-refractivity contribution in [2.45, 2.75) is 40.5 Å². The van der Waals surface area contributed by atoms with Gasteiger partial charge in [0, 0.05) is 14.7 Å². The van der Waals surface area contributed by atoms with Crippen LogP contribution in [0.1, 0.15) is 37.8 Å². The molecule has 1 N–H and O–H groups in total. The van der Waals surface area contributed by atoms with Gasteiger partial charge in [-0.15, -0.1) is 0 Å². The summed E-state index contributed by atoms with van der Waals surface area (Å²) in [5.41, 5.74) is 2.73. The molecule has 25 heavy (non-hydrogen) atoms. The van der Waals surface area contributed by atoms with Gasteiger partial charge < -0.3 is 10.1 Å². The minimum absolute atomic E-state index is 0.0421. The van der Waals surface area contributed by atoms with Crippen LogP contribution in [0.2, 0.25) is 0 Å². The number of carbonyl (C=O) groups excluding carboxylic acids is 1. The van der Waals surface area contributed by atoms with Crippen molar-refractivity contribution in [2.24, 2.45) is 5.41 Å². The Kier molecular flexibility index (Phi) is 6.87. The predicted octanol–water partition coefficient (Wildman–Crippen LogP) is 5.73. The van der Waals surface area contributed by atoms with Gasteiger partial charge in [0.2, 0.25) is 5.91 Å². The van der Waals surface area contributed by atoms with Gasteiger partial charge in [-0.05, 0) is 90.7 Å². The Morgan fingerprint density at radius 3 is 2.48 bits per heavy atom. The van der Waals surface area contributed by atoms with Crippen molar-refractivity contribution < 1.29 is 9.53 Å². The van der Waals surface area contributed by atoms with Crippen molar-refractivity contribution in [3.05, 3.63) is 57.2 Å². The first-order valence-corrected chi connectivity index (χ1v) is 9.63. The topological polar surface area (TPSA) is 38.3 Å². The molecule has 0 unspecified atom stereocenters. The summed E-state index contributed by atoms with van der Waals surface area (Å²) in [6, 6.07) is 14.1. The average Bonchev–Trinajstić information content (AvgIpc) is 2.56. The molecule has 0 spiro atoms. The molecule has 0 atom stereocenters. The standard InChI is InChI=1S/C21H26INO2/c1-15-6-7-16(2)19(14-15)25-13-5-12-21(3,4)20(24)23-18-10-8-17(22)9-11-18/h6-11,14H,5,12-13H2,1-4H3,(H,23,24). The summed E-state index contributed by atoms with van der Waals surface area (Å²) in [7, 11) is 0. The molecular weight excluding hydrogens is 425 g/mol. The maximum absolute atomic E-state index is 12.5. The Morgan fingerprint density at radius 1 is 1.12 bits per heavy atom. The fourth-order valence-corrected chi connectivity index (χ4v) is 2.87. The van der Waals surface area contributed by atoms with Crippen LogP contribution in [0.5, 0.6) is 5.75 Å². The van der Waals surface area contributed by atoms with Crippen molar-refractivity contribution in [3.63, 3.8) is 0 Å². The molecule has 4 heteroatoms. The molecule has 2 aromatic rings. The van der Waals surface area contributed by atoms with Crippen LogP contribution < -0.4 is 10.1 Å². The van der Waals surface area contributed by atoms with Crippen molar-refractivity contribution in [3.8, 4) is 5.75 Å². The van der Waals surface area contributed by atoms with Crippen molar-refractivity contribution >= 4 is 34.2 Å². The Bertz CT molecular complexity index is 723. The molecule has 0 aliphatic heterocycles. The molecule has 0 heterocycles. The largest absolute Gasteiger partial charge is 0.493 e.